The minimum absolute atomic E-state index is 0.0349. The molecule has 0 aromatic carbocycles. The van der Waals surface area contributed by atoms with E-state index in [1.165, 1.54) is 0 Å². The van der Waals surface area contributed by atoms with Crippen LogP contribution in [0.3, 0.4) is 0 Å². The van der Waals surface area contributed by atoms with Gasteiger partial charge in [-0.15, -0.1) is 0 Å². The van der Waals surface area contributed by atoms with Crippen LogP contribution in [0.1, 0.15) is 162 Å². The van der Waals surface area contributed by atoms with Crippen LogP contribution in [0.15, 0.2) is 0 Å². The molecule has 9 nitrogen and oxygen atoms in total. The first kappa shape index (κ1) is 39.0. The molecule has 5 heterocycles. The van der Waals surface area contributed by atoms with Crippen LogP contribution in [0.2, 0.25) is 5.28 Å². The van der Waals surface area contributed by atoms with Crippen LogP contribution in [-0.2, 0) is 0 Å². The largest absolute Gasteiger partial charge is 0.334 e. The topological polar surface area (TPSA) is 93.3 Å². The molecule has 4 N–H and O–H groups in total. The van der Waals surface area contributed by atoms with Gasteiger partial charge >= 0.3 is 0 Å². The summed E-state index contributed by atoms with van der Waals surface area (Å²) in [5.74, 6) is 1.47. The summed E-state index contributed by atoms with van der Waals surface area (Å²) in [5, 5.41) is 16.0. The van der Waals surface area contributed by atoms with Crippen molar-refractivity contribution in [1.29, 1.82) is 0 Å². The zero-order chi connectivity index (χ0) is 36.8. The molecule has 0 unspecified atom stereocenters. The van der Waals surface area contributed by atoms with Crippen molar-refractivity contribution in [2.45, 2.75) is 231 Å². The molecule has 1 aromatic rings. The van der Waals surface area contributed by atoms with Crippen molar-refractivity contribution in [2.24, 2.45) is 0 Å². The van der Waals surface area contributed by atoms with Crippen LogP contribution in [0.25, 0.3) is 0 Å². The van der Waals surface area contributed by atoms with Gasteiger partial charge in [0.15, 0.2) is 0 Å². The van der Waals surface area contributed by atoms with Crippen LogP contribution in [0.4, 0.5) is 11.9 Å². The zero-order valence-electron chi connectivity index (χ0n) is 34.1. The Morgan fingerprint density at radius 1 is 0.388 bits per heavy atom. The number of hydrogen-bond acceptors (Lipinski definition) is 9. The summed E-state index contributed by atoms with van der Waals surface area (Å²) in [5.41, 5.74) is -0.279. The van der Waals surface area contributed by atoms with E-state index in [4.69, 9.17) is 26.6 Å². The highest BCUT2D eigenvalue weighted by Gasteiger charge is 2.49. The highest BCUT2D eigenvalue weighted by Crippen LogP contribution is 2.43. The van der Waals surface area contributed by atoms with Gasteiger partial charge in [0, 0.05) is 68.5 Å². The number of halogens is 1. The Balaban J connectivity index is 1.68. The fourth-order valence-electron chi connectivity index (χ4n) is 11.7. The summed E-state index contributed by atoms with van der Waals surface area (Å²) >= 11 is 7.08. The highest BCUT2D eigenvalue weighted by atomic mass is 35.5. The molecule has 4 saturated heterocycles. The number of anilines is 2. The standard InChI is InChI=1S/C39H72ClN9/c1-32(2)17-25(18-33(3,4)44-32)48(26-19-34(5,6)45-35(7,8)20-26)30-41-29(40)42-31(43-30)49(27-21-36(9,10)46-37(11,12)22-27)28-23-38(13,14)47-39(15,16)24-28/h25-28,44-47H,17-24H2,1-16H3. The van der Waals surface area contributed by atoms with Gasteiger partial charge in [-0.05, 0) is 174 Å². The molecule has 4 aliphatic heterocycles. The molecule has 0 saturated carbocycles. The molecular formula is C39H72ClN9. The molecule has 0 bridgehead atoms. The molecule has 280 valence electrons. The number of nitrogens with zero attached hydrogens (tertiary/aromatic N) is 5. The van der Waals surface area contributed by atoms with E-state index in [0.29, 0.717) is 0 Å². The van der Waals surface area contributed by atoms with Crippen molar-refractivity contribution in [3.63, 3.8) is 0 Å². The lowest BCUT2D eigenvalue weighted by atomic mass is 9.75. The molecular weight excluding hydrogens is 630 g/mol. The maximum absolute atomic E-state index is 7.08. The summed E-state index contributed by atoms with van der Waals surface area (Å²) in [7, 11) is 0. The van der Waals surface area contributed by atoms with Crippen molar-refractivity contribution in [3.8, 4) is 0 Å². The molecule has 0 aliphatic carbocycles. The summed E-state index contributed by atoms with van der Waals surface area (Å²) in [6.07, 6.45) is 7.98. The van der Waals surface area contributed by atoms with E-state index < -0.39 is 0 Å². The molecule has 0 amide bonds. The van der Waals surface area contributed by atoms with Crippen molar-refractivity contribution in [1.82, 2.24) is 36.2 Å². The fourth-order valence-corrected chi connectivity index (χ4v) is 11.8. The Hall–Kier alpha value is -1.26. The fraction of sp³-hybridized carbons (Fsp3) is 0.923. The monoisotopic (exact) mass is 702 g/mol. The lowest BCUT2D eigenvalue weighted by molar-refractivity contribution is 0.122. The number of rotatable bonds is 6. The third-order valence-electron chi connectivity index (χ3n) is 11.3. The maximum Gasteiger partial charge on any atom is 0.231 e. The predicted octanol–water partition coefficient (Wildman–Crippen LogP) is 7.37. The Morgan fingerprint density at radius 2 is 0.571 bits per heavy atom. The first-order chi connectivity index (χ1) is 21.9. The van der Waals surface area contributed by atoms with Crippen LogP contribution in [0, 0.1) is 0 Å². The maximum atomic E-state index is 7.08. The molecule has 4 fully saturated rings. The first-order valence-corrected chi connectivity index (χ1v) is 19.5. The molecule has 49 heavy (non-hydrogen) atoms. The Kier molecular flexibility index (Phi) is 9.87. The third-order valence-corrected chi connectivity index (χ3v) is 11.5. The first-order valence-electron chi connectivity index (χ1n) is 19.1. The minimum atomic E-state index is -0.0349. The molecule has 0 spiro atoms. The Labute approximate surface area is 304 Å². The van der Waals surface area contributed by atoms with Gasteiger partial charge in [0.1, 0.15) is 0 Å². The molecule has 5 rings (SSSR count). The second-order valence-electron chi connectivity index (χ2n) is 21.8. The van der Waals surface area contributed by atoms with Gasteiger partial charge in [-0.25, -0.2) is 0 Å². The van der Waals surface area contributed by atoms with Gasteiger partial charge in [0.2, 0.25) is 17.2 Å². The van der Waals surface area contributed by atoms with Gasteiger partial charge < -0.3 is 31.1 Å². The molecule has 1 aromatic heterocycles. The third kappa shape index (κ3) is 9.60. The number of nitrogens with one attached hydrogen (secondary N) is 4. The molecule has 0 atom stereocenters. The lowest BCUT2D eigenvalue weighted by Crippen LogP contribution is -2.67. The average Bonchev–Trinajstić information content (AvgIpc) is 2.76. The molecule has 10 heteroatoms. The average molecular weight is 703 g/mol. The highest BCUT2D eigenvalue weighted by molar-refractivity contribution is 6.28. The van der Waals surface area contributed by atoms with E-state index in [2.05, 4.69) is 142 Å². The smallest absolute Gasteiger partial charge is 0.231 e. The van der Waals surface area contributed by atoms with Crippen molar-refractivity contribution < 1.29 is 0 Å². The number of aromatic nitrogens is 3. The number of piperidine rings is 4. The van der Waals surface area contributed by atoms with E-state index in [9.17, 15) is 0 Å². The summed E-state index contributed by atoms with van der Waals surface area (Å²) < 4.78 is 0. The molecule has 4 aliphatic rings. The Morgan fingerprint density at radius 3 is 0.755 bits per heavy atom. The predicted molar refractivity (Wildman–Crippen MR) is 207 cm³/mol. The second kappa shape index (κ2) is 12.4. The molecule has 0 radical (unpaired) electrons. The summed E-state index contributed by atoms with van der Waals surface area (Å²) in [6.45, 7) is 37.4. The van der Waals surface area contributed by atoms with E-state index in [-0.39, 0.29) is 73.8 Å². The van der Waals surface area contributed by atoms with Crippen LogP contribution in [-0.4, -0.2) is 83.4 Å². The summed E-state index contributed by atoms with van der Waals surface area (Å²) in [6, 6.07) is 0.979. The minimum Gasteiger partial charge on any atom is -0.334 e. The number of hydrogen-bond donors (Lipinski definition) is 4. The van der Waals surface area contributed by atoms with Gasteiger partial charge in [-0.3, -0.25) is 0 Å². The second-order valence-corrected chi connectivity index (χ2v) is 22.2. The zero-order valence-corrected chi connectivity index (χ0v) is 34.8. The normalized spacial score (nSPS) is 29.3. The Bertz CT molecular complexity index is 1130. The van der Waals surface area contributed by atoms with Gasteiger partial charge in [-0.1, -0.05) is 0 Å². The van der Waals surface area contributed by atoms with E-state index in [0.717, 1.165) is 63.3 Å². The van der Waals surface area contributed by atoms with Gasteiger partial charge in [-0.2, -0.15) is 15.0 Å². The van der Waals surface area contributed by atoms with E-state index in [1.807, 2.05) is 0 Å². The summed E-state index contributed by atoms with van der Waals surface area (Å²) in [4.78, 5) is 20.8. The van der Waals surface area contributed by atoms with Gasteiger partial charge in [0.25, 0.3) is 0 Å². The van der Waals surface area contributed by atoms with Crippen molar-refractivity contribution in [3.05, 3.63) is 5.28 Å². The van der Waals surface area contributed by atoms with Crippen LogP contribution in [0.5, 0.6) is 0 Å². The lowest BCUT2D eigenvalue weighted by Gasteiger charge is -2.56. The van der Waals surface area contributed by atoms with Crippen LogP contribution >= 0.6 is 11.6 Å². The van der Waals surface area contributed by atoms with Crippen LogP contribution < -0.4 is 31.1 Å². The quantitative estimate of drug-likeness (QED) is 0.243. The van der Waals surface area contributed by atoms with E-state index in [1.54, 1.807) is 0 Å². The van der Waals surface area contributed by atoms with Crippen molar-refractivity contribution >= 4 is 23.5 Å². The van der Waals surface area contributed by atoms with Gasteiger partial charge in [0.05, 0.1) is 0 Å². The van der Waals surface area contributed by atoms with E-state index >= 15 is 0 Å². The van der Waals surface area contributed by atoms with Crippen molar-refractivity contribution in [2.75, 3.05) is 9.80 Å². The SMILES string of the molecule is CC1(C)CC(N(c2nc(Cl)nc(N(C3CC(C)(C)NC(C)(C)C3)C3CC(C)(C)NC(C)(C)C3)n2)C2CC(C)(C)NC(C)(C)C2)CC(C)(C)N1.